The zero-order valence-electron chi connectivity index (χ0n) is 13.7. The highest BCUT2D eigenvalue weighted by atomic mass is 16.4. The minimum absolute atomic E-state index is 0.137. The number of carboxylic acid groups (broad SMARTS) is 1. The molecule has 1 aliphatic heterocycles. The van der Waals surface area contributed by atoms with Gasteiger partial charge in [0.25, 0.3) is 0 Å². The van der Waals surface area contributed by atoms with Crippen LogP contribution in [0.2, 0.25) is 0 Å². The van der Waals surface area contributed by atoms with Crippen molar-refractivity contribution >= 4 is 11.9 Å². The fraction of sp³-hybridized carbons (Fsp3) is 0.421. The van der Waals surface area contributed by atoms with Crippen LogP contribution in [-0.4, -0.2) is 34.1 Å². The molecule has 0 radical (unpaired) electrons. The number of hydrogen-bond donors (Lipinski definition) is 1. The molecule has 1 saturated heterocycles. The summed E-state index contributed by atoms with van der Waals surface area (Å²) in [7, 11) is 0. The number of anilines is 1. The third-order valence-electron chi connectivity index (χ3n) is 5.55. The number of benzene rings is 1. The monoisotopic (exact) mass is 323 g/mol. The maximum absolute atomic E-state index is 10.9. The van der Waals surface area contributed by atoms with Crippen molar-refractivity contribution in [3.8, 4) is 0 Å². The Morgan fingerprint density at radius 3 is 2.33 bits per heavy atom. The second kappa shape index (κ2) is 5.89. The van der Waals surface area contributed by atoms with Crippen LogP contribution in [0.15, 0.2) is 36.7 Å². The zero-order valence-corrected chi connectivity index (χ0v) is 13.7. The number of aryl methyl sites for hydroxylation is 1. The van der Waals surface area contributed by atoms with Crippen LogP contribution >= 0.6 is 0 Å². The van der Waals surface area contributed by atoms with Gasteiger partial charge in [-0.05, 0) is 48.6 Å². The Morgan fingerprint density at radius 2 is 1.75 bits per heavy atom. The molecule has 2 heterocycles. The van der Waals surface area contributed by atoms with Crippen molar-refractivity contribution in [1.29, 1.82) is 0 Å². The topological polar surface area (TPSA) is 66.3 Å². The number of nitrogens with zero attached hydrogens (tertiary/aromatic N) is 3. The zero-order chi connectivity index (χ0) is 16.7. The van der Waals surface area contributed by atoms with Crippen molar-refractivity contribution in [1.82, 2.24) is 9.97 Å². The number of hydrogen-bond acceptors (Lipinski definition) is 4. The number of aromatic nitrogens is 2. The number of fused-ring (bicyclic) bond motifs is 1. The van der Waals surface area contributed by atoms with Gasteiger partial charge in [0.1, 0.15) is 0 Å². The first-order valence-corrected chi connectivity index (χ1v) is 8.47. The maximum Gasteiger partial charge on any atom is 0.338 e. The second-order valence-electron chi connectivity index (χ2n) is 7.03. The number of rotatable bonds is 3. The van der Waals surface area contributed by atoms with Crippen molar-refractivity contribution < 1.29 is 9.90 Å². The Bertz CT molecular complexity index is 745. The van der Waals surface area contributed by atoms with E-state index in [0.717, 1.165) is 13.1 Å². The fourth-order valence-electron chi connectivity index (χ4n) is 4.36. The third-order valence-corrected chi connectivity index (χ3v) is 5.55. The van der Waals surface area contributed by atoms with Crippen LogP contribution in [-0.2, 0) is 0 Å². The highest BCUT2D eigenvalue weighted by Gasteiger charge is 2.42. The molecule has 1 aliphatic carbocycles. The lowest BCUT2D eigenvalue weighted by molar-refractivity contribution is 0.0696. The summed E-state index contributed by atoms with van der Waals surface area (Å²) in [5.74, 6) is 1.69. The Morgan fingerprint density at radius 1 is 1.12 bits per heavy atom. The van der Waals surface area contributed by atoms with Gasteiger partial charge in [0.05, 0.1) is 5.56 Å². The summed E-state index contributed by atoms with van der Waals surface area (Å²) in [5.41, 5.74) is 3.03. The highest BCUT2D eigenvalue weighted by Crippen LogP contribution is 2.47. The minimum Gasteiger partial charge on any atom is -0.478 e. The minimum atomic E-state index is -0.985. The average molecular weight is 323 g/mol. The molecule has 0 bridgehead atoms. The van der Waals surface area contributed by atoms with Gasteiger partial charge in [0.15, 0.2) is 0 Å². The molecular weight excluding hydrogens is 302 g/mol. The van der Waals surface area contributed by atoms with Gasteiger partial charge in [0, 0.05) is 25.5 Å². The van der Waals surface area contributed by atoms with E-state index >= 15 is 0 Å². The van der Waals surface area contributed by atoms with E-state index in [9.17, 15) is 4.79 Å². The molecule has 1 saturated carbocycles. The van der Waals surface area contributed by atoms with E-state index in [1.807, 2.05) is 0 Å². The Labute approximate surface area is 141 Å². The Kier molecular flexibility index (Phi) is 3.71. The number of carboxylic acids is 1. The molecule has 5 heteroatoms. The fourth-order valence-corrected chi connectivity index (χ4v) is 4.36. The predicted molar refractivity (Wildman–Crippen MR) is 91.3 cm³/mol. The van der Waals surface area contributed by atoms with Gasteiger partial charge < -0.3 is 10.0 Å². The van der Waals surface area contributed by atoms with Crippen LogP contribution in [0.25, 0.3) is 0 Å². The standard InChI is InChI=1S/C19H21N3O2/c1-12-4-2-3-5-17(12)13-6-14-10-22(11-15(14)7-13)19-20-8-16(9-21-19)18(23)24/h2-5,8-9,13-15H,6-7,10-11H2,1H3,(H,23,24)/t13?,14-,15+. The Hall–Kier alpha value is -2.43. The van der Waals surface area contributed by atoms with Gasteiger partial charge in [-0.3, -0.25) is 0 Å². The molecule has 1 aromatic carbocycles. The molecule has 2 aliphatic rings. The largest absolute Gasteiger partial charge is 0.478 e. The van der Waals surface area contributed by atoms with E-state index in [4.69, 9.17) is 5.11 Å². The van der Waals surface area contributed by atoms with Gasteiger partial charge >= 0.3 is 5.97 Å². The van der Waals surface area contributed by atoms with Crippen molar-refractivity contribution in [2.45, 2.75) is 25.7 Å². The van der Waals surface area contributed by atoms with E-state index in [2.05, 4.69) is 46.1 Å². The van der Waals surface area contributed by atoms with E-state index in [1.165, 1.54) is 36.4 Å². The van der Waals surface area contributed by atoms with Gasteiger partial charge in [-0.15, -0.1) is 0 Å². The first kappa shape index (κ1) is 15.1. The van der Waals surface area contributed by atoms with Crippen LogP contribution in [0, 0.1) is 18.8 Å². The molecule has 1 N–H and O–H groups in total. The van der Waals surface area contributed by atoms with Crippen LogP contribution in [0.5, 0.6) is 0 Å². The summed E-state index contributed by atoms with van der Waals surface area (Å²) in [5, 5.41) is 8.94. The van der Waals surface area contributed by atoms with Crippen LogP contribution in [0.1, 0.15) is 40.2 Å². The average Bonchev–Trinajstić information content (AvgIpc) is 3.14. The van der Waals surface area contributed by atoms with Crippen molar-refractivity contribution in [2.24, 2.45) is 11.8 Å². The summed E-state index contributed by atoms with van der Waals surface area (Å²) >= 11 is 0. The van der Waals surface area contributed by atoms with Crippen molar-refractivity contribution in [3.63, 3.8) is 0 Å². The molecule has 3 atom stereocenters. The SMILES string of the molecule is Cc1ccccc1C1C[C@@H]2CN(c3ncc(C(=O)O)cn3)C[C@@H]2C1. The van der Waals surface area contributed by atoms with Crippen LogP contribution in [0.3, 0.4) is 0 Å². The van der Waals surface area contributed by atoms with Crippen LogP contribution < -0.4 is 4.90 Å². The van der Waals surface area contributed by atoms with Gasteiger partial charge in [-0.25, -0.2) is 14.8 Å². The van der Waals surface area contributed by atoms with Crippen molar-refractivity contribution in [2.75, 3.05) is 18.0 Å². The first-order chi connectivity index (χ1) is 11.6. The summed E-state index contributed by atoms with van der Waals surface area (Å²) < 4.78 is 0. The number of aromatic carboxylic acids is 1. The predicted octanol–water partition coefficient (Wildman–Crippen LogP) is 3.11. The lowest BCUT2D eigenvalue weighted by Crippen LogP contribution is -2.24. The molecular formula is C19H21N3O2. The second-order valence-corrected chi connectivity index (χ2v) is 7.03. The molecule has 2 fully saturated rings. The smallest absolute Gasteiger partial charge is 0.338 e. The van der Waals surface area contributed by atoms with E-state index in [-0.39, 0.29) is 5.56 Å². The van der Waals surface area contributed by atoms with E-state index in [1.54, 1.807) is 0 Å². The summed E-state index contributed by atoms with van der Waals surface area (Å²) in [6.45, 7) is 4.15. The molecule has 4 rings (SSSR count). The molecule has 1 unspecified atom stereocenters. The summed E-state index contributed by atoms with van der Waals surface area (Å²) in [6.07, 6.45) is 5.24. The molecule has 0 spiro atoms. The molecule has 0 amide bonds. The summed E-state index contributed by atoms with van der Waals surface area (Å²) in [6, 6.07) is 8.72. The van der Waals surface area contributed by atoms with E-state index < -0.39 is 5.97 Å². The Balaban J connectivity index is 1.44. The van der Waals surface area contributed by atoms with E-state index in [0.29, 0.717) is 23.7 Å². The van der Waals surface area contributed by atoms with Gasteiger partial charge in [-0.2, -0.15) is 0 Å². The quantitative estimate of drug-likeness (QED) is 0.940. The number of carbonyl (C=O) groups is 1. The third kappa shape index (κ3) is 2.64. The normalized spacial score (nSPS) is 25.7. The van der Waals surface area contributed by atoms with Crippen LogP contribution in [0.4, 0.5) is 5.95 Å². The first-order valence-electron chi connectivity index (χ1n) is 8.47. The molecule has 124 valence electrons. The van der Waals surface area contributed by atoms with Gasteiger partial charge in [0.2, 0.25) is 5.95 Å². The van der Waals surface area contributed by atoms with Gasteiger partial charge in [-0.1, -0.05) is 24.3 Å². The highest BCUT2D eigenvalue weighted by molar-refractivity contribution is 5.86. The lowest BCUT2D eigenvalue weighted by Gasteiger charge is -2.20. The molecule has 1 aromatic heterocycles. The lowest BCUT2D eigenvalue weighted by atomic mass is 9.92. The van der Waals surface area contributed by atoms with Crippen molar-refractivity contribution in [3.05, 3.63) is 53.3 Å². The molecule has 24 heavy (non-hydrogen) atoms. The maximum atomic E-state index is 10.9. The molecule has 2 aromatic rings. The summed E-state index contributed by atoms with van der Waals surface area (Å²) in [4.78, 5) is 21.6. The molecule has 5 nitrogen and oxygen atoms in total.